The van der Waals surface area contributed by atoms with E-state index in [1.165, 1.54) is 0 Å². The van der Waals surface area contributed by atoms with Crippen molar-refractivity contribution in [2.24, 2.45) is 0 Å². The zero-order chi connectivity index (χ0) is 18.3. The Morgan fingerprint density at radius 2 is 1.04 bits per heavy atom. The summed E-state index contributed by atoms with van der Waals surface area (Å²) < 4.78 is 22.3. The molecule has 5 atom stereocenters. The van der Waals surface area contributed by atoms with E-state index in [0.717, 1.165) is 0 Å². The molecule has 23 heavy (non-hydrogen) atoms. The second-order valence-corrected chi connectivity index (χ2v) is 5.80. The molecular weight excluding hydrogens is 381 g/mol. The number of ether oxygens (including phenoxy) is 1. The van der Waals surface area contributed by atoms with Crippen molar-refractivity contribution in [3.63, 3.8) is 0 Å². The van der Waals surface area contributed by atoms with Crippen molar-refractivity contribution in [3.8, 4) is 0 Å². The summed E-state index contributed by atoms with van der Waals surface area (Å²) in [6.07, 6.45) is -7.04. The van der Waals surface area contributed by atoms with Crippen molar-refractivity contribution < 1.29 is 68.8 Å². The normalized spacial score (nSPS) is 30.8. The number of phosphoric acid groups is 2. The van der Waals surface area contributed by atoms with Crippen LogP contribution in [0.3, 0.4) is 0 Å². The van der Waals surface area contributed by atoms with Gasteiger partial charge < -0.3 is 59.6 Å². The van der Waals surface area contributed by atoms with Gasteiger partial charge in [0.25, 0.3) is 0 Å². The van der Waals surface area contributed by atoms with Gasteiger partial charge in [-0.05, 0) is 0 Å². The predicted octanol–water partition coefficient (Wildman–Crippen LogP) is -5.73. The Bertz CT molecular complexity index is 353. The third-order valence-electron chi connectivity index (χ3n) is 1.87. The van der Waals surface area contributed by atoms with Gasteiger partial charge in [0.1, 0.15) is 24.4 Å². The molecule has 0 bridgehead atoms. The van der Waals surface area contributed by atoms with E-state index in [9.17, 15) is 0 Å². The summed E-state index contributed by atoms with van der Waals surface area (Å²) in [5, 5.41) is 44.7. The summed E-state index contributed by atoms with van der Waals surface area (Å²) >= 11 is 0. The molecule has 14 nitrogen and oxygen atoms in total. The molecular formula is C6H19NaO14P2. The number of aliphatic hydroxyl groups excluding tert-OH is 5. The molecule has 1 heterocycles. The third-order valence-corrected chi connectivity index (χ3v) is 1.87. The Morgan fingerprint density at radius 3 is 1.30 bits per heavy atom. The Kier molecular flexibility index (Phi) is 15.5. The number of hydrogen-bond acceptors (Lipinski definition) is 8. The minimum atomic E-state index is -4.64. The first-order chi connectivity index (χ1) is 9.57. The Labute approximate surface area is 151 Å². The monoisotopic (exact) mass is 400 g/mol. The molecule has 0 aromatic carbocycles. The standard InChI is InChI=1S/C6H12O6.Na.2H3O4P.H/c7-1-2-3(8)4(9)5(10)6(11)12-2;;2*1-5(2,3)4;/h2-11H,1H2;;2*(H3,1,2,3,4);/t2-,3+,4+,5-,6+;;;;/m1..../s1. The molecule has 1 saturated heterocycles. The van der Waals surface area contributed by atoms with Crippen LogP contribution in [-0.4, -0.2) is 122 Å². The predicted molar refractivity (Wildman–Crippen MR) is 71.7 cm³/mol. The first-order valence-electron chi connectivity index (χ1n) is 5.13. The zero-order valence-corrected chi connectivity index (χ0v) is 12.4. The fourth-order valence-electron chi connectivity index (χ4n) is 1.08. The number of hydrogen-bond donors (Lipinski definition) is 11. The summed E-state index contributed by atoms with van der Waals surface area (Å²) in [6, 6.07) is 0. The minimum absolute atomic E-state index is 0. The summed E-state index contributed by atoms with van der Waals surface area (Å²) in [6.45, 7) is -0.526. The van der Waals surface area contributed by atoms with Gasteiger partial charge in [0.2, 0.25) is 0 Å². The van der Waals surface area contributed by atoms with Gasteiger partial charge in [0.05, 0.1) is 6.61 Å². The van der Waals surface area contributed by atoms with Crippen LogP contribution in [0.15, 0.2) is 0 Å². The van der Waals surface area contributed by atoms with Crippen LogP contribution in [0.1, 0.15) is 0 Å². The van der Waals surface area contributed by atoms with Crippen molar-refractivity contribution in [1.82, 2.24) is 0 Å². The maximum absolute atomic E-state index is 9.12. The second kappa shape index (κ2) is 12.4. The maximum atomic E-state index is 9.12. The molecule has 0 amide bonds. The van der Waals surface area contributed by atoms with Crippen LogP contribution in [0.2, 0.25) is 0 Å². The molecule has 0 unspecified atom stereocenters. The van der Waals surface area contributed by atoms with Gasteiger partial charge >= 0.3 is 45.2 Å². The van der Waals surface area contributed by atoms with E-state index >= 15 is 0 Å². The Hall–Kier alpha value is 0.980. The SMILES string of the molecule is O=P(O)(O)O.O=P(O)(O)O.OC[C@H]1O[C@H](O)[C@H](O)[C@@H](O)[C@H]1O.[NaH]. The molecule has 0 aliphatic carbocycles. The molecule has 1 rings (SSSR count). The fraction of sp³-hybridized carbons (Fsp3) is 1.00. The molecule has 1 aliphatic heterocycles. The van der Waals surface area contributed by atoms with Gasteiger partial charge in [-0.15, -0.1) is 0 Å². The van der Waals surface area contributed by atoms with Crippen LogP contribution >= 0.6 is 15.6 Å². The molecule has 1 aliphatic rings. The first-order valence-corrected chi connectivity index (χ1v) is 8.26. The van der Waals surface area contributed by atoms with E-state index in [4.69, 9.17) is 64.0 Å². The summed E-state index contributed by atoms with van der Waals surface area (Å²) in [7, 11) is -9.28. The summed E-state index contributed by atoms with van der Waals surface area (Å²) in [5.41, 5.74) is 0. The van der Waals surface area contributed by atoms with Crippen LogP contribution in [0, 0.1) is 0 Å². The van der Waals surface area contributed by atoms with Crippen molar-refractivity contribution >= 4 is 45.2 Å². The molecule has 17 heteroatoms. The third kappa shape index (κ3) is 19.2. The van der Waals surface area contributed by atoms with Crippen molar-refractivity contribution in [2.75, 3.05) is 6.61 Å². The first kappa shape index (κ1) is 28.8. The van der Waals surface area contributed by atoms with Crippen LogP contribution in [0.4, 0.5) is 0 Å². The van der Waals surface area contributed by atoms with E-state index in [-0.39, 0.29) is 29.6 Å². The van der Waals surface area contributed by atoms with E-state index < -0.39 is 53.0 Å². The molecule has 11 N–H and O–H groups in total. The van der Waals surface area contributed by atoms with Crippen LogP contribution in [0.5, 0.6) is 0 Å². The van der Waals surface area contributed by atoms with Gasteiger partial charge in [-0.2, -0.15) is 0 Å². The van der Waals surface area contributed by atoms with Crippen LogP contribution in [-0.2, 0) is 13.9 Å². The quantitative estimate of drug-likeness (QED) is 0.145. The second-order valence-electron chi connectivity index (χ2n) is 3.75. The topological polar surface area (TPSA) is 266 Å². The van der Waals surface area contributed by atoms with E-state index in [1.807, 2.05) is 0 Å². The van der Waals surface area contributed by atoms with Gasteiger partial charge in [-0.3, -0.25) is 0 Å². The van der Waals surface area contributed by atoms with Crippen LogP contribution < -0.4 is 0 Å². The van der Waals surface area contributed by atoms with Gasteiger partial charge in [0, 0.05) is 0 Å². The van der Waals surface area contributed by atoms with Crippen molar-refractivity contribution in [3.05, 3.63) is 0 Å². The average Bonchev–Trinajstić information content (AvgIpc) is 2.27. The Balaban J connectivity index is -0.000000307. The molecule has 0 radical (unpaired) electrons. The van der Waals surface area contributed by atoms with Gasteiger partial charge in [-0.25, -0.2) is 9.13 Å². The van der Waals surface area contributed by atoms with Gasteiger partial charge in [0.15, 0.2) is 6.29 Å². The molecule has 0 aromatic rings. The zero-order valence-electron chi connectivity index (χ0n) is 10.6. The number of aliphatic hydroxyl groups is 5. The fourth-order valence-corrected chi connectivity index (χ4v) is 1.08. The Morgan fingerprint density at radius 1 is 0.739 bits per heavy atom. The molecule has 0 saturated carbocycles. The molecule has 1 fully saturated rings. The van der Waals surface area contributed by atoms with Gasteiger partial charge in [-0.1, -0.05) is 0 Å². The molecule has 0 spiro atoms. The molecule has 138 valence electrons. The van der Waals surface area contributed by atoms with E-state index in [0.29, 0.717) is 0 Å². The summed E-state index contributed by atoms with van der Waals surface area (Å²) in [5.74, 6) is 0. The van der Waals surface area contributed by atoms with Crippen molar-refractivity contribution in [1.29, 1.82) is 0 Å². The van der Waals surface area contributed by atoms with E-state index in [1.54, 1.807) is 0 Å². The summed E-state index contributed by atoms with van der Waals surface area (Å²) in [4.78, 5) is 43.1. The van der Waals surface area contributed by atoms with Crippen LogP contribution in [0.25, 0.3) is 0 Å². The average molecular weight is 400 g/mol. The number of rotatable bonds is 1. The van der Waals surface area contributed by atoms with E-state index in [2.05, 4.69) is 4.74 Å². The van der Waals surface area contributed by atoms with Crippen molar-refractivity contribution in [2.45, 2.75) is 30.7 Å². The molecule has 0 aromatic heterocycles.